The highest BCUT2D eigenvalue weighted by Crippen LogP contribution is 2.27. The van der Waals surface area contributed by atoms with E-state index in [9.17, 15) is 13.2 Å². The number of pyridine rings is 1. The molecule has 0 saturated heterocycles. The second-order valence-electron chi connectivity index (χ2n) is 6.64. The van der Waals surface area contributed by atoms with Crippen LogP contribution in [0.3, 0.4) is 0 Å². The predicted octanol–water partition coefficient (Wildman–Crippen LogP) is 3.82. The Bertz CT molecular complexity index is 1360. The minimum Gasteiger partial charge on any atom is -0.451 e. The van der Waals surface area contributed by atoms with Gasteiger partial charge in [-0.2, -0.15) is 0 Å². The van der Waals surface area contributed by atoms with E-state index in [-0.39, 0.29) is 21.2 Å². The first-order chi connectivity index (χ1) is 13.7. The van der Waals surface area contributed by atoms with E-state index < -0.39 is 15.9 Å². The lowest BCUT2D eigenvalue weighted by Crippen LogP contribution is -2.30. The molecule has 4 aromatic rings. The van der Waals surface area contributed by atoms with Gasteiger partial charge >= 0.3 is 5.91 Å². The van der Waals surface area contributed by atoms with E-state index in [0.717, 1.165) is 5.69 Å². The van der Waals surface area contributed by atoms with E-state index >= 15 is 0 Å². The number of hydrogen-bond donors (Lipinski definition) is 1. The van der Waals surface area contributed by atoms with E-state index in [0.29, 0.717) is 16.4 Å². The molecule has 7 nitrogen and oxygen atoms in total. The van der Waals surface area contributed by atoms with Crippen LogP contribution in [0.4, 0.5) is 5.69 Å². The molecule has 0 aliphatic carbocycles. The van der Waals surface area contributed by atoms with Crippen molar-refractivity contribution in [2.45, 2.75) is 4.90 Å². The Labute approximate surface area is 171 Å². The molecule has 0 aliphatic heterocycles. The van der Waals surface area contributed by atoms with Crippen molar-refractivity contribution in [1.29, 1.82) is 0 Å². The number of halogens is 1. The number of furan rings is 1. The van der Waals surface area contributed by atoms with Crippen molar-refractivity contribution in [2.75, 3.05) is 19.0 Å². The van der Waals surface area contributed by atoms with Crippen LogP contribution in [0.5, 0.6) is 0 Å². The highest BCUT2D eigenvalue weighted by atomic mass is 35.5. The number of sulfonamides is 1. The van der Waals surface area contributed by atoms with E-state index in [4.69, 9.17) is 16.0 Å². The molecular formula is C20H16ClN3O4S. The summed E-state index contributed by atoms with van der Waals surface area (Å²) in [6.45, 7) is 0. The number of fused-ring (bicyclic) bond motifs is 2. The quantitative estimate of drug-likeness (QED) is 0.530. The third kappa shape index (κ3) is 3.64. The summed E-state index contributed by atoms with van der Waals surface area (Å²) in [6, 6.07) is 13.2. The first-order valence-electron chi connectivity index (χ1n) is 8.57. The molecular weight excluding hydrogens is 414 g/mol. The number of carbonyl (C=O) groups excluding carboxylic acids is 1. The summed E-state index contributed by atoms with van der Waals surface area (Å²) >= 11 is 6.05. The third-order valence-electron chi connectivity index (χ3n) is 4.40. The fourth-order valence-corrected chi connectivity index (χ4v) is 4.42. The van der Waals surface area contributed by atoms with E-state index in [1.165, 1.54) is 18.3 Å². The predicted molar refractivity (Wildman–Crippen MR) is 112 cm³/mol. The fourth-order valence-electron chi connectivity index (χ4n) is 2.97. The zero-order valence-electron chi connectivity index (χ0n) is 15.5. The average Bonchev–Trinajstić information content (AvgIpc) is 3.10. The highest BCUT2D eigenvalue weighted by molar-refractivity contribution is 7.90. The van der Waals surface area contributed by atoms with Gasteiger partial charge in [-0.3, -0.25) is 9.78 Å². The van der Waals surface area contributed by atoms with Crippen LogP contribution in [-0.4, -0.2) is 33.4 Å². The minimum atomic E-state index is -4.23. The van der Waals surface area contributed by atoms with Crippen LogP contribution in [0.15, 0.2) is 64.0 Å². The van der Waals surface area contributed by atoms with Gasteiger partial charge in [0.1, 0.15) is 10.5 Å². The Balaban J connectivity index is 1.70. The van der Waals surface area contributed by atoms with Crippen LogP contribution < -0.4 is 9.62 Å². The van der Waals surface area contributed by atoms with Crippen molar-refractivity contribution in [1.82, 2.24) is 9.71 Å². The van der Waals surface area contributed by atoms with Gasteiger partial charge in [-0.25, -0.2) is 13.1 Å². The maximum absolute atomic E-state index is 12.9. The van der Waals surface area contributed by atoms with Crippen molar-refractivity contribution in [3.63, 3.8) is 0 Å². The second-order valence-corrected chi connectivity index (χ2v) is 8.73. The summed E-state index contributed by atoms with van der Waals surface area (Å²) in [5, 5.41) is 1.46. The summed E-state index contributed by atoms with van der Waals surface area (Å²) in [5.74, 6) is -0.990. The molecule has 9 heteroatoms. The number of rotatable bonds is 4. The topological polar surface area (TPSA) is 92.5 Å². The Morgan fingerprint density at radius 3 is 2.66 bits per heavy atom. The molecule has 0 aliphatic rings. The number of benzene rings is 2. The third-order valence-corrected chi connectivity index (χ3v) is 5.96. The van der Waals surface area contributed by atoms with Crippen molar-refractivity contribution < 1.29 is 17.6 Å². The number of amides is 1. The summed E-state index contributed by atoms with van der Waals surface area (Å²) in [4.78, 5) is 18.4. The van der Waals surface area contributed by atoms with Crippen molar-refractivity contribution in [3.8, 4) is 0 Å². The minimum absolute atomic E-state index is 0.112. The molecule has 2 aromatic carbocycles. The molecule has 148 valence electrons. The van der Waals surface area contributed by atoms with Crippen molar-refractivity contribution in [2.24, 2.45) is 0 Å². The van der Waals surface area contributed by atoms with Crippen molar-refractivity contribution in [3.05, 3.63) is 65.5 Å². The Morgan fingerprint density at radius 1 is 1.10 bits per heavy atom. The maximum atomic E-state index is 12.9. The van der Waals surface area contributed by atoms with Gasteiger partial charge in [0.05, 0.1) is 5.52 Å². The summed E-state index contributed by atoms with van der Waals surface area (Å²) < 4.78 is 33.3. The summed E-state index contributed by atoms with van der Waals surface area (Å²) in [6.07, 6.45) is 1.47. The van der Waals surface area contributed by atoms with Crippen LogP contribution in [-0.2, 0) is 10.0 Å². The normalized spacial score (nSPS) is 11.7. The lowest BCUT2D eigenvalue weighted by Gasteiger charge is -2.11. The molecule has 0 bridgehead atoms. The van der Waals surface area contributed by atoms with E-state index in [1.54, 1.807) is 30.3 Å². The Hall–Kier alpha value is -3.10. The Morgan fingerprint density at radius 2 is 1.90 bits per heavy atom. The number of nitrogens with one attached hydrogen (secondary N) is 1. The largest absolute Gasteiger partial charge is 0.451 e. The first-order valence-corrected chi connectivity index (χ1v) is 10.4. The average molecular weight is 430 g/mol. The molecule has 0 saturated carbocycles. The van der Waals surface area contributed by atoms with Gasteiger partial charge in [-0.05, 0) is 36.4 Å². The molecule has 0 radical (unpaired) electrons. The van der Waals surface area contributed by atoms with Gasteiger partial charge in [-0.15, -0.1) is 0 Å². The molecule has 29 heavy (non-hydrogen) atoms. The zero-order valence-corrected chi connectivity index (χ0v) is 17.1. The second kappa shape index (κ2) is 7.06. The number of hydrogen-bond acceptors (Lipinski definition) is 6. The maximum Gasteiger partial charge on any atom is 0.300 e. The number of anilines is 1. The van der Waals surface area contributed by atoms with Crippen LogP contribution in [0.2, 0.25) is 5.02 Å². The van der Waals surface area contributed by atoms with Crippen molar-refractivity contribution >= 4 is 55.1 Å². The SMILES string of the molecule is CN(C)c1ccc2cc(C(=O)NS(=O)(=O)c3cc(Cl)cc4cccnc34)oc2c1. The van der Waals surface area contributed by atoms with E-state index in [1.807, 2.05) is 29.8 Å². The molecule has 1 N–H and O–H groups in total. The van der Waals surface area contributed by atoms with Gasteiger partial charge < -0.3 is 9.32 Å². The van der Waals surface area contributed by atoms with Crippen LogP contribution in [0, 0.1) is 0 Å². The standard InChI is InChI=1S/C20H16ClN3O4S/c1-24(2)15-6-5-12-9-17(28-16(12)11-15)20(25)23-29(26,27)18-10-14(21)8-13-4-3-7-22-19(13)18/h3-11H,1-2H3,(H,23,25). The lowest BCUT2D eigenvalue weighted by atomic mass is 10.2. The number of aromatic nitrogens is 1. The van der Waals surface area contributed by atoms with Crippen LogP contribution in [0.1, 0.15) is 10.6 Å². The van der Waals surface area contributed by atoms with Gasteiger partial charge in [0.15, 0.2) is 5.76 Å². The molecule has 2 heterocycles. The molecule has 0 spiro atoms. The van der Waals surface area contributed by atoms with Gasteiger partial charge in [0.2, 0.25) is 0 Å². The van der Waals surface area contributed by atoms with Crippen LogP contribution in [0.25, 0.3) is 21.9 Å². The highest BCUT2D eigenvalue weighted by Gasteiger charge is 2.24. The summed E-state index contributed by atoms with van der Waals surface area (Å²) in [7, 11) is -0.465. The number of nitrogens with zero attached hydrogens (tertiary/aromatic N) is 2. The fraction of sp³-hybridized carbons (Fsp3) is 0.100. The summed E-state index contributed by atoms with van der Waals surface area (Å²) in [5.41, 5.74) is 1.59. The van der Waals surface area contributed by atoms with Gasteiger partial charge in [0, 0.05) is 47.8 Å². The van der Waals surface area contributed by atoms with Gasteiger partial charge in [-0.1, -0.05) is 17.7 Å². The molecule has 0 atom stereocenters. The first kappa shape index (κ1) is 19.2. The monoisotopic (exact) mass is 429 g/mol. The van der Waals surface area contributed by atoms with Crippen LogP contribution >= 0.6 is 11.6 Å². The smallest absolute Gasteiger partial charge is 0.300 e. The molecule has 1 amide bonds. The zero-order chi connectivity index (χ0) is 20.8. The Kier molecular flexibility index (Phi) is 4.68. The molecule has 2 aromatic heterocycles. The molecule has 4 rings (SSSR count). The van der Waals surface area contributed by atoms with Gasteiger partial charge in [0.25, 0.3) is 10.0 Å². The lowest BCUT2D eigenvalue weighted by molar-refractivity contribution is 0.0956. The number of carbonyl (C=O) groups is 1. The molecule has 0 fully saturated rings. The van der Waals surface area contributed by atoms with E-state index in [2.05, 4.69) is 4.98 Å². The molecule has 0 unspecified atom stereocenters.